The molecule has 0 unspecified atom stereocenters. The monoisotopic (exact) mass is 398 g/mol. The summed E-state index contributed by atoms with van der Waals surface area (Å²) in [5, 5.41) is 1.26. The third kappa shape index (κ3) is 2.83. The largest absolute Gasteiger partial charge is 0.361 e. The molecule has 1 aromatic carbocycles. The molecule has 1 aliphatic carbocycles. The van der Waals surface area contributed by atoms with Gasteiger partial charge in [0.25, 0.3) is 5.56 Å². The Balaban J connectivity index is 1.42. The Kier molecular flexibility index (Phi) is 3.57. The van der Waals surface area contributed by atoms with Gasteiger partial charge >= 0.3 is 0 Å². The molecule has 6 heteroatoms. The highest BCUT2D eigenvalue weighted by molar-refractivity contribution is 9.10. The van der Waals surface area contributed by atoms with E-state index in [0.717, 1.165) is 66.0 Å². The fourth-order valence-corrected chi connectivity index (χ4v) is 4.09. The van der Waals surface area contributed by atoms with Crippen LogP contribution in [-0.2, 0) is 19.5 Å². The molecule has 0 bridgehead atoms. The van der Waals surface area contributed by atoms with Crippen LogP contribution in [0.4, 0.5) is 0 Å². The van der Waals surface area contributed by atoms with E-state index in [1.54, 1.807) is 0 Å². The first-order chi connectivity index (χ1) is 12.2. The normalized spacial score (nSPS) is 17.8. The van der Waals surface area contributed by atoms with Crippen molar-refractivity contribution in [2.45, 2.75) is 38.3 Å². The van der Waals surface area contributed by atoms with Gasteiger partial charge in [0.2, 0.25) is 0 Å². The van der Waals surface area contributed by atoms with Gasteiger partial charge in [-0.2, -0.15) is 0 Å². The molecule has 25 heavy (non-hydrogen) atoms. The van der Waals surface area contributed by atoms with Crippen LogP contribution in [0.3, 0.4) is 0 Å². The average Bonchev–Trinajstić information content (AvgIpc) is 3.38. The minimum Gasteiger partial charge on any atom is -0.361 e. The lowest BCUT2D eigenvalue weighted by molar-refractivity contribution is 0.241. The number of hydrogen-bond donors (Lipinski definition) is 2. The van der Waals surface area contributed by atoms with Crippen LogP contribution in [0.15, 0.2) is 33.7 Å². The second-order valence-electron chi connectivity index (χ2n) is 7.12. The van der Waals surface area contributed by atoms with Gasteiger partial charge in [0.1, 0.15) is 5.82 Å². The van der Waals surface area contributed by atoms with E-state index >= 15 is 0 Å². The molecule has 0 amide bonds. The molecule has 1 fully saturated rings. The molecular formula is C19H19BrN4O. The summed E-state index contributed by atoms with van der Waals surface area (Å²) in [6, 6.07) is 6.33. The molecular weight excluding hydrogens is 380 g/mol. The third-order valence-electron chi connectivity index (χ3n) is 5.26. The van der Waals surface area contributed by atoms with Crippen LogP contribution in [0.2, 0.25) is 0 Å². The van der Waals surface area contributed by atoms with Crippen LogP contribution in [0.1, 0.15) is 41.4 Å². The van der Waals surface area contributed by atoms with Crippen molar-refractivity contribution in [2.75, 3.05) is 6.54 Å². The number of aromatic amines is 2. The first-order valence-electron chi connectivity index (χ1n) is 8.77. The third-order valence-corrected chi connectivity index (χ3v) is 5.75. The zero-order chi connectivity index (χ0) is 17.0. The maximum Gasteiger partial charge on any atom is 0.254 e. The first-order valence-corrected chi connectivity index (χ1v) is 9.56. The second-order valence-corrected chi connectivity index (χ2v) is 8.03. The molecule has 3 aromatic rings. The van der Waals surface area contributed by atoms with Gasteiger partial charge in [0.15, 0.2) is 0 Å². The van der Waals surface area contributed by atoms with Gasteiger partial charge in [-0.15, -0.1) is 0 Å². The molecule has 2 aliphatic rings. The molecule has 3 heterocycles. The molecule has 128 valence electrons. The summed E-state index contributed by atoms with van der Waals surface area (Å²) in [5.74, 6) is 1.36. The van der Waals surface area contributed by atoms with Crippen molar-refractivity contribution < 1.29 is 0 Å². The number of H-pyrrole nitrogens is 2. The Hall–Kier alpha value is -1.92. The fraction of sp³-hybridized carbons (Fsp3) is 0.368. The van der Waals surface area contributed by atoms with Gasteiger partial charge in [0, 0.05) is 52.7 Å². The Morgan fingerprint density at radius 3 is 3.04 bits per heavy atom. The number of halogens is 1. The minimum atomic E-state index is 0.0727. The molecule has 2 aromatic heterocycles. The Bertz CT molecular complexity index is 1020. The summed E-state index contributed by atoms with van der Waals surface area (Å²) in [5.41, 5.74) is 4.36. The molecule has 0 saturated heterocycles. The summed E-state index contributed by atoms with van der Waals surface area (Å²) in [6.45, 7) is 2.51. The van der Waals surface area contributed by atoms with Crippen molar-refractivity contribution >= 4 is 26.8 Å². The predicted molar refractivity (Wildman–Crippen MR) is 101 cm³/mol. The van der Waals surface area contributed by atoms with E-state index in [4.69, 9.17) is 4.98 Å². The molecule has 0 spiro atoms. The van der Waals surface area contributed by atoms with Crippen molar-refractivity contribution in [1.82, 2.24) is 19.9 Å². The molecule has 1 aliphatic heterocycles. The summed E-state index contributed by atoms with van der Waals surface area (Å²) < 4.78 is 1.08. The Morgan fingerprint density at radius 1 is 1.32 bits per heavy atom. The van der Waals surface area contributed by atoms with Crippen molar-refractivity contribution in [2.24, 2.45) is 0 Å². The van der Waals surface area contributed by atoms with Crippen molar-refractivity contribution in [3.63, 3.8) is 0 Å². The Morgan fingerprint density at radius 2 is 2.20 bits per heavy atom. The van der Waals surface area contributed by atoms with Crippen molar-refractivity contribution in [3.8, 4) is 0 Å². The standard InChI is InChI=1S/C19H19BrN4O/c20-13-3-4-14-12(8-21-16(14)7-13)9-24-6-5-15-17(10-24)22-18(11-1-2-11)23-19(15)25/h3-4,7-8,11,21H,1-2,5-6,9-10H2,(H,22,23,25). The van der Waals surface area contributed by atoms with E-state index < -0.39 is 0 Å². The molecule has 5 nitrogen and oxygen atoms in total. The van der Waals surface area contributed by atoms with E-state index in [0.29, 0.717) is 5.92 Å². The number of benzene rings is 1. The topological polar surface area (TPSA) is 64.8 Å². The molecule has 0 atom stereocenters. The number of nitrogens with one attached hydrogen (secondary N) is 2. The van der Waals surface area contributed by atoms with Crippen LogP contribution in [0.25, 0.3) is 10.9 Å². The molecule has 0 radical (unpaired) electrons. The SMILES string of the molecule is O=c1[nH]c(C2CC2)nc2c1CCN(Cc1c[nH]c3cc(Br)ccc13)C2. The van der Waals surface area contributed by atoms with Gasteiger partial charge < -0.3 is 9.97 Å². The van der Waals surface area contributed by atoms with Crippen LogP contribution >= 0.6 is 15.9 Å². The average molecular weight is 399 g/mol. The number of fused-ring (bicyclic) bond motifs is 2. The van der Waals surface area contributed by atoms with E-state index in [2.05, 4.69) is 55.2 Å². The maximum absolute atomic E-state index is 12.3. The van der Waals surface area contributed by atoms with E-state index in [1.165, 1.54) is 10.9 Å². The predicted octanol–water partition coefficient (Wildman–Crippen LogP) is 3.45. The Labute approximate surface area is 153 Å². The smallest absolute Gasteiger partial charge is 0.254 e. The second kappa shape index (κ2) is 5.81. The maximum atomic E-state index is 12.3. The summed E-state index contributed by atoms with van der Waals surface area (Å²) in [6.07, 6.45) is 5.16. The van der Waals surface area contributed by atoms with Crippen LogP contribution < -0.4 is 5.56 Å². The lowest BCUT2D eigenvalue weighted by atomic mass is 10.1. The van der Waals surface area contributed by atoms with E-state index in [1.807, 2.05) is 0 Å². The number of aromatic nitrogens is 3. The van der Waals surface area contributed by atoms with Gasteiger partial charge in [-0.05, 0) is 37.0 Å². The summed E-state index contributed by atoms with van der Waals surface area (Å²) >= 11 is 3.52. The van der Waals surface area contributed by atoms with Crippen molar-refractivity contribution in [1.29, 1.82) is 0 Å². The van der Waals surface area contributed by atoms with Gasteiger partial charge in [0.05, 0.1) is 5.69 Å². The number of rotatable bonds is 3. The number of hydrogen-bond acceptors (Lipinski definition) is 3. The zero-order valence-electron chi connectivity index (χ0n) is 13.8. The number of nitrogens with zero attached hydrogens (tertiary/aromatic N) is 2. The van der Waals surface area contributed by atoms with E-state index in [9.17, 15) is 4.79 Å². The van der Waals surface area contributed by atoms with Crippen LogP contribution in [0.5, 0.6) is 0 Å². The fourth-order valence-electron chi connectivity index (χ4n) is 3.73. The molecule has 5 rings (SSSR count). The van der Waals surface area contributed by atoms with Gasteiger partial charge in [-0.1, -0.05) is 22.0 Å². The van der Waals surface area contributed by atoms with E-state index in [-0.39, 0.29) is 5.56 Å². The zero-order valence-corrected chi connectivity index (χ0v) is 15.4. The minimum absolute atomic E-state index is 0.0727. The molecule has 2 N–H and O–H groups in total. The summed E-state index contributed by atoms with van der Waals surface area (Å²) in [7, 11) is 0. The molecule has 1 saturated carbocycles. The van der Waals surface area contributed by atoms with Crippen LogP contribution in [0, 0.1) is 0 Å². The quantitative estimate of drug-likeness (QED) is 0.709. The summed E-state index contributed by atoms with van der Waals surface area (Å²) in [4.78, 5) is 25.8. The highest BCUT2D eigenvalue weighted by Gasteiger charge is 2.29. The highest BCUT2D eigenvalue weighted by atomic mass is 79.9. The van der Waals surface area contributed by atoms with Gasteiger partial charge in [-0.3, -0.25) is 9.69 Å². The van der Waals surface area contributed by atoms with Crippen molar-refractivity contribution in [3.05, 3.63) is 61.9 Å². The lowest BCUT2D eigenvalue weighted by Gasteiger charge is -2.27. The highest BCUT2D eigenvalue weighted by Crippen LogP contribution is 2.38. The van der Waals surface area contributed by atoms with Crippen LogP contribution in [-0.4, -0.2) is 26.4 Å². The lowest BCUT2D eigenvalue weighted by Crippen LogP contribution is -2.35. The first kappa shape index (κ1) is 15.3. The van der Waals surface area contributed by atoms with Gasteiger partial charge in [-0.25, -0.2) is 4.98 Å².